The van der Waals surface area contributed by atoms with Crippen LogP contribution in [-0.2, 0) is 0 Å². The molecule has 0 radical (unpaired) electrons. The molecule has 1 aliphatic carbocycles. The summed E-state index contributed by atoms with van der Waals surface area (Å²) in [6, 6.07) is 5.81. The van der Waals surface area contributed by atoms with Gasteiger partial charge in [0.25, 0.3) is 0 Å². The molecule has 14 heavy (non-hydrogen) atoms. The molecule has 0 bridgehead atoms. The fourth-order valence-electron chi connectivity index (χ4n) is 1.16. The fourth-order valence-corrected chi connectivity index (χ4v) is 1.16. The van der Waals surface area contributed by atoms with Crippen LogP contribution in [0.2, 0.25) is 0 Å². The number of rotatable bonds is 2. The number of carbonyl (C=O) groups is 1. The van der Waals surface area contributed by atoms with Gasteiger partial charge in [-0.25, -0.2) is 9.78 Å². The summed E-state index contributed by atoms with van der Waals surface area (Å²) < 4.78 is 0. The number of nitrogens with one attached hydrogen (secondary N) is 1. The summed E-state index contributed by atoms with van der Waals surface area (Å²) in [4.78, 5) is 17.2. The van der Waals surface area contributed by atoms with Gasteiger partial charge in [0.15, 0.2) is 0 Å². The largest absolute Gasteiger partial charge is 0.335 e. The third-order valence-electron chi connectivity index (χ3n) is 2.20. The van der Waals surface area contributed by atoms with Crippen molar-refractivity contribution in [3.8, 4) is 0 Å². The van der Waals surface area contributed by atoms with E-state index in [1.54, 1.807) is 13.2 Å². The highest BCUT2D eigenvalue weighted by atomic mass is 16.2. The van der Waals surface area contributed by atoms with E-state index in [0.717, 1.165) is 12.8 Å². The van der Waals surface area contributed by atoms with Gasteiger partial charge in [0.05, 0.1) is 0 Å². The van der Waals surface area contributed by atoms with Crippen molar-refractivity contribution in [1.82, 2.24) is 10.3 Å². The highest BCUT2D eigenvalue weighted by Crippen LogP contribution is 2.19. The van der Waals surface area contributed by atoms with Gasteiger partial charge in [0.1, 0.15) is 5.82 Å². The Kier molecular flexibility index (Phi) is 2.35. The Morgan fingerprint density at radius 2 is 2.36 bits per heavy atom. The van der Waals surface area contributed by atoms with Crippen LogP contribution in [0, 0.1) is 0 Å². The zero-order valence-corrected chi connectivity index (χ0v) is 8.10. The minimum absolute atomic E-state index is 0.0776. The third kappa shape index (κ3) is 2.02. The van der Waals surface area contributed by atoms with Gasteiger partial charge in [0, 0.05) is 19.3 Å². The number of aromatic nitrogens is 1. The number of nitrogens with zero attached hydrogens (tertiary/aromatic N) is 2. The van der Waals surface area contributed by atoms with Crippen molar-refractivity contribution in [3.05, 3.63) is 24.4 Å². The van der Waals surface area contributed by atoms with Gasteiger partial charge in [-0.1, -0.05) is 6.07 Å². The molecule has 0 aliphatic heterocycles. The van der Waals surface area contributed by atoms with Crippen molar-refractivity contribution in [2.24, 2.45) is 0 Å². The highest BCUT2D eigenvalue weighted by Gasteiger charge is 2.25. The van der Waals surface area contributed by atoms with E-state index in [9.17, 15) is 4.79 Å². The number of pyridine rings is 1. The molecule has 0 aromatic carbocycles. The molecule has 1 fully saturated rings. The number of anilines is 1. The van der Waals surface area contributed by atoms with E-state index in [4.69, 9.17) is 0 Å². The molecule has 1 aromatic rings. The molecule has 0 spiro atoms. The van der Waals surface area contributed by atoms with Gasteiger partial charge in [-0.3, -0.25) is 4.90 Å². The molecule has 1 aromatic heterocycles. The first kappa shape index (κ1) is 8.99. The van der Waals surface area contributed by atoms with E-state index in [1.165, 1.54) is 4.90 Å². The van der Waals surface area contributed by atoms with E-state index in [2.05, 4.69) is 10.3 Å². The van der Waals surface area contributed by atoms with Crippen molar-refractivity contribution in [3.63, 3.8) is 0 Å². The molecule has 0 saturated heterocycles. The molecule has 2 amide bonds. The Balaban J connectivity index is 1.99. The maximum Gasteiger partial charge on any atom is 0.323 e. The molecule has 74 valence electrons. The molecule has 0 atom stereocenters. The number of amides is 2. The molecule has 4 heteroatoms. The van der Waals surface area contributed by atoms with Gasteiger partial charge in [-0.05, 0) is 25.0 Å². The first-order chi connectivity index (χ1) is 6.77. The fraction of sp³-hybridized carbons (Fsp3) is 0.400. The predicted octanol–water partition coefficient (Wildman–Crippen LogP) is 1.39. The van der Waals surface area contributed by atoms with E-state index >= 15 is 0 Å². The van der Waals surface area contributed by atoms with Crippen LogP contribution in [0.25, 0.3) is 0 Å². The average molecular weight is 191 g/mol. The Morgan fingerprint density at radius 1 is 1.57 bits per heavy atom. The van der Waals surface area contributed by atoms with Gasteiger partial charge in [-0.15, -0.1) is 0 Å². The van der Waals surface area contributed by atoms with Gasteiger partial charge >= 0.3 is 6.03 Å². The summed E-state index contributed by atoms with van der Waals surface area (Å²) >= 11 is 0. The first-order valence-electron chi connectivity index (χ1n) is 4.72. The van der Waals surface area contributed by atoms with Crippen molar-refractivity contribution in [2.75, 3.05) is 11.9 Å². The Morgan fingerprint density at radius 3 is 2.93 bits per heavy atom. The van der Waals surface area contributed by atoms with Gasteiger partial charge in [-0.2, -0.15) is 0 Å². The zero-order chi connectivity index (χ0) is 9.97. The Labute approximate surface area is 82.9 Å². The van der Waals surface area contributed by atoms with E-state index in [-0.39, 0.29) is 6.03 Å². The number of hydrogen-bond donors (Lipinski definition) is 1. The molecular weight excluding hydrogens is 178 g/mol. The summed E-state index contributed by atoms with van der Waals surface area (Å²) in [6.45, 7) is 0. The summed E-state index contributed by atoms with van der Waals surface area (Å²) in [5.74, 6) is 0.672. The van der Waals surface area contributed by atoms with Crippen molar-refractivity contribution < 1.29 is 4.79 Å². The number of hydrogen-bond acceptors (Lipinski definition) is 2. The second-order valence-electron chi connectivity index (χ2n) is 3.47. The maximum atomic E-state index is 11.6. The smallest absolute Gasteiger partial charge is 0.323 e. The lowest BCUT2D eigenvalue weighted by molar-refractivity contribution is 0.247. The van der Waals surface area contributed by atoms with E-state index in [0.29, 0.717) is 11.9 Å². The standard InChI is InChI=1S/C10H13N3O/c1-13(9-4-2-3-7-11-9)10(14)12-8-5-6-8/h2-4,7-8H,5-6H2,1H3,(H,12,14). The zero-order valence-electron chi connectivity index (χ0n) is 8.10. The SMILES string of the molecule is CN(C(=O)NC1CC1)c1ccccn1. The minimum Gasteiger partial charge on any atom is -0.335 e. The molecule has 2 rings (SSSR count). The molecule has 4 nitrogen and oxygen atoms in total. The second kappa shape index (κ2) is 3.65. The van der Waals surface area contributed by atoms with Gasteiger partial charge in [0.2, 0.25) is 0 Å². The summed E-state index contributed by atoms with van der Waals surface area (Å²) in [5.41, 5.74) is 0. The van der Waals surface area contributed by atoms with Crippen LogP contribution >= 0.6 is 0 Å². The second-order valence-corrected chi connectivity index (χ2v) is 3.47. The van der Waals surface area contributed by atoms with Crippen LogP contribution in [0.3, 0.4) is 0 Å². The normalized spacial score (nSPS) is 14.9. The van der Waals surface area contributed by atoms with Crippen LogP contribution in [0.4, 0.5) is 10.6 Å². The highest BCUT2D eigenvalue weighted by molar-refractivity contribution is 5.90. The van der Waals surface area contributed by atoms with Gasteiger partial charge < -0.3 is 5.32 Å². The van der Waals surface area contributed by atoms with Crippen LogP contribution in [0.1, 0.15) is 12.8 Å². The summed E-state index contributed by atoms with van der Waals surface area (Å²) in [7, 11) is 1.72. The Bertz CT molecular complexity index is 321. The molecule has 1 saturated carbocycles. The summed E-state index contributed by atoms with van der Waals surface area (Å²) in [5, 5.41) is 2.90. The molecule has 1 aliphatic rings. The molecular formula is C10H13N3O. The van der Waals surface area contributed by atoms with E-state index in [1.807, 2.05) is 18.2 Å². The minimum atomic E-state index is -0.0776. The number of carbonyl (C=O) groups excluding carboxylic acids is 1. The lowest BCUT2D eigenvalue weighted by Crippen LogP contribution is -2.38. The lowest BCUT2D eigenvalue weighted by Gasteiger charge is -2.16. The van der Waals surface area contributed by atoms with E-state index < -0.39 is 0 Å². The quantitative estimate of drug-likeness (QED) is 0.767. The monoisotopic (exact) mass is 191 g/mol. The van der Waals surface area contributed by atoms with Crippen molar-refractivity contribution in [2.45, 2.75) is 18.9 Å². The van der Waals surface area contributed by atoms with Crippen LogP contribution < -0.4 is 10.2 Å². The lowest BCUT2D eigenvalue weighted by atomic mass is 10.4. The molecule has 0 unspecified atom stereocenters. The average Bonchev–Trinajstić information content (AvgIpc) is 3.02. The first-order valence-corrected chi connectivity index (χ1v) is 4.72. The predicted molar refractivity (Wildman–Crippen MR) is 54.2 cm³/mol. The van der Waals surface area contributed by atoms with Crippen LogP contribution in [0.15, 0.2) is 24.4 Å². The molecule has 1 N–H and O–H groups in total. The van der Waals surface area contributed by atoms with Crippen LogP contribution in [-0.4, -0.2) is 24.1 Å². The molecule has 1 heterocycles. The number of urea groups is 1. The topological polar surface area (TPSA) is 45.2 Å². The summed E-state index contributed by atoms with van der Waals surface area (Å²) in [6.07, 6.45) is 3.87. The van der Waals surface area contributed by atoms with Crippen molar-refractivity contribution >= 4 is 11.8 Å². The maximum absolute atomic E-state index is 11.6. The third-order valence-corrected chi connectivity index (χ3v) is 2.20. The van der Waals surface area contributed by atoms with Crippen LogP contribution in [0.5, 0.6) is 0 Å². The Hall–Kier alpha value is -1.58. The van der Waals surface area contributed by atoms with Crippen molar-refractivity contribution in [1.29, 1.82) is 0 Å².